The van der Waals surface area contributed by atoms with E-state index in [0.29, 0.717) is 12.8 Å². The van der Waals surface area contributed by atoms with Crippen molar-refractivity contribution in [1.82, 2.24) is 14.9 Å². The molecule has 23 heavy (non-hydrogen) atoms. The molecular formula is C18H19N3O2. The molecular weight excluding hydrogens is 290 g/mol. The summed E-state index contributed by atoms with van der Waals surface area (Å²) in [5.41, 5.74) is 2.61. The molecule has 1 fully saturated rings. The van der Waals surface area contributed by atoms with E-state index in [9.17, 15) is 9.59 Å². The monoisotopic (exact) mass is 309 g/mol. The molecule has 0 spiro atoms. The van der Waals surface area contributed by atoms with Gasteiger partial charge < -0.3 is 4.57 Å². The van der Waals surface area contributed by atoms with Crippen molar-refractivity contribution in [2.45, 2.75) is 32.2 Å². The van der Waals surface area contributed by atoms with Crippen LogP contribution in [-0.2, 0) is 9.59 Å². The van der Waals surface area contributed by atoms with E-state index >= 15 is 0 Å². The Kier molecular flexibility index (Phi) is 4.10. The number of rotatable bonds is 4. The number of carbonyl (C=O) groups excluding carboxylic acids is 2. The van der Waals surface area contributed by atoms with Crippen LogP contribution < -0.4 is 5.32 Å². The fourth-order valence-corrected chi connectivity index (χ4v) is 3.04. The lowest BCUT2D eigenvalue weighted by atomic mass is 10.1. The minimum atomic E-state index is -0.435. The van der Waals surface area contributed by atoms with E-state index in [1.165, 1.54) is 0 Å². The van der Waals surface area contributed by atoms with Gasteiger partial charge in [-0.2, -0.15) is 0 Å². The molecule has 1 aliphatic rings. The van der Waals surface area contributed by atoms with Crippen LogP contribution in [0.25, 0.3) is 23.2 Å². The van der Waals surface area contributed by atoms with E-state index in [1.54, 1.807) is 12.3 Å². The molecule has 3 rings (SSSR count). The first-order valence-corrected chi connectivity index (χ1v) is 7.79. The van der Waals surface area contributed by atoms with E-state index in [4.69, 9.17) is 0 Å². The van der Waals surface area contributed by atoms with Crippen LogP contribution in [0.3, 0.4) is 0 Å². The highest BCUT2D eigenvalue weighted by Gasteiger charge is 2.31. The van der Waals surface area contributed by atoms with Gasteiger partial charge in [-0.1, -0.05) is 25.7 Å². The fourth-order valence-electron chi connectivity index (χ4n) is 3.04. The number of nitrogens with zero attached hydrogens (tertiary/aromatic N) is 2. The van der Waals surface area contributed by atoms with Crippen LogP contribution in [0.4, 0.5) is 0 Å². The van der Waals surface area contributed by atoms with Gasteiger partial charge in [0.05, 0.1) is 5.69 Å². The SMILES string of the molecule is C=Cc1c(/C=C\CC)n(C2CCC(=O)NC2=O)c2ncccc12. The average molecular weight is 309 g/mol. The van der Waals surface area contributed by atoms with E-state index in [0.717, 1.165) is 28.7 Å². The Morgan fingerprint density at radius 2 is 2.30 bits per heavy atom. The molecule has 0 aliphatic carbocycles. The molecule has 3 heterocycles. The first-order chi connectivity index (χ1) is 11.2. The van der Waals surface area contributed by atoms with Crippen molar-refractivity contribution < 1.29 is 9.59 Å². The Morgan fingerprint density at radius 1 is 1.48 bits per heavy atom. The molecule has 0 radical (unpaired) electrons. The zero-order valence-electron chi connectivity index (χ0n) is 13.1. The minimum Gasteiger partial charge on any atom is -0.313 e. The lowest BCUT2D eigenvalue weighted by Gasteiger charge is -2.24. The van der Waals surface area contributed by atoms with Crippen LogP contribution in [0, 0.1) is 0 Å². The third-order valence-electron chi connectivity index (χ3n) is 4.08. The number of nitrogens with one attached hydrogen (secondary N) is 1. The molecule has 0 bridgehead atoms. The Balaban J connectivity index is 2.25. The summed E-state index contributed by atoms with van der Waals surface area (Å²) >= 11 is 0. The van der Waals surface area contributed by atoms with Crippen molar-refractivity contribution >= 4 is 35.0 Å². The lowest BCUT2D eigenvalue weighted by molar-refractivity contribution is -0.135. The number of aromatic nitrogens is 2. The van der Waals surface area contributed by atoms with Crippen LogP contribution in [0.2, 0.25) is 0 Å². The lowest BCUT2D eigenvalue weighted by Crippen LogP contribution is -2.42. The Hall–Kier alpha value is -2.69. The first-order valence-electron chi connectivity index (χ1n) is 7.79. The quantitative estimate of drug-likeness (QED) is 0.883. The van der Waals surface area contributed by atoms with E-state index in [1.807, 2.05) is 28.9 Å². The summed E-state index contributed by atoms with van der Waals surface area (Å²) in [5, 5.41) is 3.39. The van der Waals surface area contributed by atoms with Crippen molar-refractivity contribution in [3.63, 3.8) is 0 Å². The second-order valence-electron chi connectivity index (χ2n) is 5.53. The van der Waals surface area contributed by atoms with Gasteiger partial charge >= 0.3 is 0 Å². The molecule has 5 nitrogen and oxygen atoms in total. The largest absolute Gasteiger partial charge is 0.313 e. The second kappa shape index (κ2) is 6.20. The van der Waals surface area contributed by atoms with Gasteiger partial charge in [-0.3, -0.25) is 14.9 Å². The summed E-state index contributed by atoms with van der Waals surface area (Å²) in [6, 6.07) is 3.41. The van der Waals surface area contributed by atoms with E-state index in [-0.39, 0.29) is 11.8 Å². The zero-order valence-corrected chi connectivity index (χ0v) is 13.1. The van der Waals surface area contributed by atoms with Crippen LogP contribution >= 0.6 is 0 Å². The molecule has 2 aromatic rings. The van der Waals surface area contributed by atoms with Crippen LogP contribution in [0.5, 0.6) is 0 Å². The third-order valence-corrected chi connectivity index (χ3v) is 4.08. The Morgan fingerprint density at radius 3 is 3.00 bits per heavy atom. The number of hydrogen-bond donors (Lipinski definition) is 1. The zero-order chi connectivity index (χ0) is 16.4. The summed E-state index contributed by atoms with van der Waals surface area (Å²) in [6.45, 7) is 5.97. The number of amides is 2. The highest BCUT2D eigenvalue weighted by Crippen LogP contribution is 2.32. The maximum absolute atomic E-state index is 12.3. The van der Waals surface area contributed by atoms with Gasteiger partial charge in [-0.05, 0) is 31.1 Å². The number of fused-ring (bicyclic) bond motifs is 1. The molecule has 2 aromatic heterocycles. The van der Waals surface area contributed by atoms with Crippen LogP contribution in [0.15, 0.2) is 31.0 Å². The molecule has 1 aliphatic heterocycles. The fraction of sp³-hybridized carbons (Fsp3) is 0.278. The summed E-state index contributed by atoms with van der Waals surface area (Å²) in [5.74, 6) is -0.490. The number of pyridine rings is 1. The normalized spacial score (nSPS) is 18.6. The highest BCUT2D eigenvalue weighted by atomic mass is 16.2. The summed E-state index contributed by atoms with van der Waals surface area (Å²) in [6.07, 6.45) is 9.26. The van der Waals surface area contributed by atoms with Gasteiger partial charge in [-0.15, -0.1) is 0 Å². The van der Waals surface area contributed by atoms with Gasteiger partial charge in [0.15, 0.2) is 0 Å². The van der Waals surface area contributed by atoms with Gasteiger partial charge in [0.1, 0.15) is 11.7 Å². The van der Waals surface area contributed by atoms with Crippen LogP contribution in [0.1, 0.15) is 43.5 Å². The number of piperidine rings is 1. The molecule has 1 saturated heterocycles. The molecule has 118 valence electrons. The maximum Gasteiger partial charge on any atom is 0.249 e. The molecule has 5 heteroatoms. The minimum absolute atomic E-state index is 0.217. The molecule has 0 saturated carbocycles. The van der Waals surface area contributed by atoms with E-state index < -0.39 is 6.04 Å². The predicted molar refractivity (Wildman–Crippen MR) is 90.6 cm³/mol. The Bertz CT molecular complexity index is 817. The van der Waals surface area contributed by atoms with Gasteiger partial charge in [0.25, 0.3) is 0 Å². The molecule has 1 atom stereocenters. The molecule has 1 unspecified atom stereocenters. The molecule has 0 aromatic carbocycles. The van der Waals surface area contributed by atoms with Crippen molar-refractivity contribution in [3.05, 3.63) is 42.2 Å². The molecule has 2 amide bonds. The summed E-state index contributed by atoms with van der Waals surface area (Å²) in [4.78, 5) is 28.3. The number of imide groups is 1. The maximum atomic E-state index is 12.3. The smallest absolute Gasteiger partial charge is 0.249 e. The highest BCUT2D eigenvalue weighted by molar-refractivity contribution is 6.01. The topological polar surface area (TPSA) is 64.0 Å². The van der Waals surface area contributed by atoms with Crippen molar-refractivity contribution in [2.24, 2.45) is 0 Å². The summed E-state index contributed by atoms with van der Waals surface area (Å²) < 4.78 is 1.93. The summed E-state index contributed by atoms with van der Waals surface area (Å²) in [7, 11) is 0. The predicted octanol–water partition coefficient (Wildman–Crippen LogP) is 3.08. The number of carbonyl (C=O) groups is 2. The molecule has 1 N–H and O–H groups in total. The van der Waals surface area contributed by atoms with E-state index in [2.05, 4.69) is 23.8 Å². The van der Waals surface area contributed by atoms with Crippen molar-refractivity contribution in [3.8, 4) is 0 Å². The van der Waals surface area contributed by atoms with Crippen molar-refractivity contribution in [2.75, 3.05) is 0 Å². The van der Waals surface area contributed by atoms with Gasteiger partial charge in [0.2, 0.25) is 11.8 Å². The number of allylic oxidation sites excluding steroid dienone is 1. The second-order valence-corrected chi connectivity index (χ2v) is 5.53. The van der Waals surface area contributed by atoms with Gasteiger partial charge in [-0.25, -0.2) is 4.98 Å². The standard InChI is InChI=1S/C18H19N3O2/c1-3-5-8-14-12(4-2)13-7-6-11-19-17(13)21(14)15-9-10-16(22)20-18(15)23/h4-8,11,15H,2-3,9-10H2,1H3,(H,20,22,23)/b8-5-. The average Bonchev–Trinajstić information content (AvgIpc) is 2.86. The third kappa shape index (κ3) is 2.59. The van der Waals surface area contributed by atoms with Crippen molar-refractivity contribution in [1.29, 1.82) is 0 Å². The van der Waals surface area contributed by atoms with Gasteiger partial charge in [0, 0.05) is 23.6 Å². The van der Waals surface area contributed by atoms with Crippen LogP contribution in [-0.4, -0.2) is 21.4 Å². The Labute approximate surface area is 134 Å². The first kappa shape index (κ1) is 15.2. The number of hydrogen-bond acceptors (Lipinski definition) is 3.